The van der Waals surface area contributed by atoms with E-state index in [2.05, 4.69) is 26.0 Å². The van der Waals surface area contributed by atoms with E-state index in [1.165, 1.54) is 23.0 Å². The summed E-state index contributed by atoms with van der Waals surface area (Å²) >= 11 is 9.20. The Hall–Kier alpha value is -2.71. The Morgan fingerprint density at radius 3 is 2.67 bits per heavy atom. The molecule has 0 saturated heterocycles. The number of nitrogens with one attached hydrogen (secondary N) is 1. The van der Waals surface area contributed by atoms with Gasteiger partial charge in [-0.05, 0) is 49.7 Å². The van der Waals surface area contributed by atoms with Crippen LogP contribution in [0.5, 0.6) is 0 Å². The van der Waals surface area contributed by atoms with Crippen molar-refractivity contribution in [3.05, 3.63) is 83.2 Å². The van der Waals surface area contributed by atoms with E-state index >= 15 is 0 Å². The number of aromatic nitrogens is 2. The van der Waals surface area contributed by atoms with Crippen molar-refractivity contribution in [3.63, 3.8) is 0 Å². The van der Waals surface area contributed by atoms with Crippen LogP contribution in [0.2, 0.25) is 5.02 Å². The van der Waals surface area contributed by atoms with Crippen molar-refractivity contribution in [1.82, 2.24) is 9.78 Å². The molecule has 9 heteroatoms. The summed E-state index contributed by atoms with van der Waals surface area (Å²) in [6.07, 6.45) is 1.39. The summed E-state index contributed by atoms with van der Waals surface area (Å²) in [5, 5.41) is 14.0. The number of hydrogen-bond donors (Lipinski definition) is 1. The van der Waals surface area contributed by atoms with Gasteiger partial charge in [-0.25, -0.2) is 4.68 Å². The van der Waals surface area contributed by atoms with Crippen LogP contribution >= 0.6 is 27.5 Å². The van der Waals surface area contributed by atoms with Crippen LogP contribution in [-0.2, 0) is 0 Å². The van der Waals surface area contributed by atoms with Gasteiger partial charge in [0.25, 0.3) is 11.2 Å². The Kier molecular flexibility index (Phi) is 5.29. The molecule has 0 fully saturated rings. The molecule has 0 unspecified atom stereocenters. The number of benzene rings is 2. The summed E-state index contributed by atoms with van der Waals surface area (Å²) in [5.41, 5.74) is 2.49. The Morgan fingerprint density at radius 1 is 1.26 bits per heavy atom. The SMILES string of the molecule is Cc1cc(Br)ccc1-n1[nH]c(C)c(C=Nc2ccc(Cl)c([N+](=O)[O-])c2)c1=O. The van der Waals surface area contributed by atoms with Crippen molar-refractivity contribution in [1.29, 1.82) is 0 Å². The third-order valence-corrected chi connectivity index (χ3v) is 4.80. The zero-order chi connectivity index (χ0) is 19.7. The zero-order valence-electron chi connectivity index (χ0n) is 14.4. The Balaban J connectivity index is 2.01. The lowest BCUT2D eigenvalue weighted by Crippen LogP contribution is -2.18. The fraction of sp³-hybridized carbons (Fsp3) is 0.111. The predicted molar refractivity (Wildman–Crippen MR) is 109 cm³/mol. The minimum atomic E-state index is -0.577. The molecule has 3 rings (SSSR count). The maximum atomic E-state index is 12.8. The Labute approximate surface area is 167 Å². The number of rotatable bonds is 4. The van der Waals surface area contributed by atoms with E-state index in [4.69, 9.17) is 11.6 Å². The summed E-state index contributed by atoms with van der Waals surface area (Å²) < 4.78 is 2.37. The van der Waals surface area contributed by atoms with E-state index in [9.17, 15) is 14.9 Å². The molecule has 138 valence electrons. The maximum Gasteiger partial charge on any atom is 0.290 e. The van der Waals surface area contributed by atoms with Crippen LogP contribution in [0, 0.1) is 24.0 Å². The van der Waals surface area contributed by atoms with Gasteiger partial charge >= 0.3 is 0 Å². The first-order valence-corrected chi connectivity index (χ1v) is 9.01. The lowest BCUT2D eigenvalue weighted by atomic mass is 10.2. The van der Waals surface area contributed by atoms with Gasteiger partial charge in [-0.2, -0.15) is 0 Å². The molecule has 0 aliphatic carbocycles. The second-order valence-corrected chi connectivity index (χ2v) is 7.20. The summed E-state index contributed by atoms with van der Waals surface area (Å²) in [5.74, 6) is 0. The molecule has 1 aromatic heterocycles. The molecule has 0 aliphatic rings. The third-order valence-electron chi connectivity index (χ3n) is 3.99. The number of aromatic amines is 1. The average molecular weight is 450 g/mol. The van der Waals surface area contributed by atoms with Gasteiger partial charge in [0.1, 0.15) is 5.02 Å². The van der Waals surface area contributed by atoms with Gasteiger partial charge in [0.05, 0.1) is 21.9 Å². The largest absolute Gasteiger partial charge is 0.295 e. The highest BCUT2D eigenvalue weighted by atomic mass is 79.9. The lowest BCUT2D eigenvalue weighted by molar-refractivity contribution is -0.384. The van der Waals surface area contributed by atoms with E-state index in [-0.39, 0.29) is 16.3 Å². The molecule has 7 nitrogen and oxygen atoms in total. The smallest absolute Gasteiger partial charge is 0.290 e. The highest BCUT2D eigenvalue weighted by Gasteiger charge is 2.14. The zero-order valence-corrected chi connectivity index (χ0v) is 16.7. The van der Waals surface area contributed by atoms with Crippen LogP contribution in [0.15, 0.2) is 50.7 Å². The Bertz CT molecular complexity index is 1130. The fourth-order valence-corrected chi connectivity index (χ4v) is 3.27. The minimum absolute atomic E-state index is 0.0323. The van der Waals surface area contributed by atoms with Crippen LogP contribution in [0.1, 0.15) is 16.8 Å². The van der Waals surface area contributed by atoms with Gasteiger partial charge in [-0.15, -0.1) is 0 Å². The van der Waals surface area contributed by atoms with Crippen LogP contribution in [0.25, 0.3) is 5.69 Å². The van der Waals surface area contributed by atoms with Crippen LogP contribution < -0.4 is 5.56 Å². The molecule has 0 aliphatic heterocycles. The molecular weight excluding hydrogens is 436 g/mol. The van der Waals surface area contributed by atoms with E-state index < -0.39 is 4.92 Å². The number of halogens is 2. The number of H-pyrrole nitrogens is 1. The molecule has 2 aromatic carbocycles. The molecule has 0 amide bonds. The summed E-state index contributed by atoms with van der Waals surface area (Å²) in [4.78, 5) is 27.4. The molecule has 0 radical (unpaired) electrons. The van der Waals surface area contributed by atoms with Crippen molar-refractivity contribution in [2.75, 3.05) is 0 Å². The number of hydrogen-bond acceptors (Lipinski definition) is 4. The number of aliphatic imine (C=N–C) groups is 1. The van der Waals surface area contributed by atoms with Gasteiger partial charge < -0.3 is 0 Å². The fourth-order valence-electron chi connectivity index (χ4n) is 2.61. The Morgan fingerprint density at radius 2 is 2.00 bits per heavy atom. The summed E-state index contributed by atoms with van der Waals surface area (Å²) in [7, 11) is 0. The first-order chi connectivity index (χ1) is 12.8. The molecule has 0 atom stereocenters. The highest BCUT2D eigenvalue weighted by molar-refractivity contribution is 9.10. The van der Waals surface area contributed by atoms with E-state index in [1.54, 1.807) is 13.0 Å². The molecule has 0 bridgehead atoms. The van der Waals surface area contributed by atoms with Gasteiger partial charge in [0, 0.05) is 22.4 Å². The van der Waals surface area contributed by atoms with Gasteiger partial charge in [-0.3, -0.25) is 25.0 Å². The minimum Gasteiger partial charge on any atom is -0.295 e. The monoisotopic (exact) mass is 448 g/mol. The van der Waals surface area contributed by atoms with Crippen LogP contribution in [0.4, 0.5) is 11.4 Å². The van der Waals surface area contributed by atoms with Crippen molar-refractivity contribution in [2.24, 2.45) is 4.99 Å². The van der Waals surface area contributed by atoms with Crippen molar-refractivity contribution < 1.29 is 4.92 Å². The van der Waals surface area contributed by atoms with Gasteiger partial charge in [0.15, 0.2) is 0 Å². The first-order valence-electron chi connectivity index (χ1n) is 7.84. The molecule has 27 heavy (non-hydrogen) atoms. The molecule has 3 aromatic rings. The van der Waals surface area contributed by atoms with E-state index in [0.717, 1.165) is 15.7 Å². The van der Waals surface area contributed by atoms with Gasteiger partial charge in [0.2, 0.25) is 0 Å². The van der Waals surface area contributed by atoms with Crippen molar-refractivity contribution >= 4 is 45.1 Å². The summed E-state index contributed by atoms with van der Waals surface area (Å²) in [6.45, 7) is 3.67. The molecule has 1 N–H and O–H groups in total. The third kappa shape index (κ3) is 3.86. The van der Waals surface area contributed by atoms with Gasteiger partial charge in [-0.1, -0.05) is 27.5 Å². The molecule has 1 heterocycles. The first kappa shape index (κ1) is 19.1. The van der Waals surface area contributed by atoms with Crippen molar-refractivity contribution in [2.45, 2.75) is 13.8 Å². The van der Waals surface area contributed by atoms with Crippen LogP contribution in [-0.4, -0.2) is 20.9 Å². The quantitative estimate of drug-likeness (QED) is 0.350. The molecule has 0 spiro atoms. The molecular formula is C18H14BrClN4O3. The lowest BCUT2D eigenvalue weighted by Gasteiger charge is -2.06. The summed E-state index contributed by atoms with van der Waals surface area (Å²) in [6, 6.07) is 9.81. The predicted octanol–water partition coefficient (Wildman–Crippen LogP) is 4.86. The topological polar surface area (TPSA) is 93.3 Å². The molecule has 0 saturated carbocycles. The number of aryl methyl sites for hydroxylation is 2. The second kappa shape index (κ2) is 7.50. The number of nitrogens with zero attached hydrogens (tertiary/aromatic N) is 3. The van der Waals surface area contributed by atoms with Crippen molar-refractivity contribution in [3.8, 4) is 5.69 Å². The van der Waals surface area contributed by atoms with E-state index in [0.29, 0.717) is 16.9 Å². The van der Waals surface area contributed by atoms with Crippen LogP contribution in [0.3, 0.4) is 0 Å². The second-order valence-electron chi connectivity index (χ2n) is 5.87. The maximum absolute atomic E-state index is 12.8. The average Bonchev–Trinajstić information content (AvgIpc) is 2.88. The normalized spacial score (nSPS) is 11.3. The number of nitro benzene ring substituents is 1. The highest BCUT2D eigenvalue weighted by Crippen LogP contribution is 2.28. The number of nitro groups is 1. The standard InChI is InChI=1S/C18H14BrClN4O3/c1-10-7-12(19)3-6-16(10)23-18(25)14(11(2)22-23)9-21-13-4-5-15(20)17(8-13)24(26)27/h3-9,22H,1-2H3. The van der Waals surface area contributed by atoms with E-state index in [1.807, 2.05) is 25.1 Å².